The molecule has 6 nitrogen and oxygen atoms in total. The molecule has 1 saturated carbocycles. The number of carbonyl (C=O) groups is 1. The van der Waals surface area contributed by atoms with Gasteiger partial charge in [-0.1, -0.05) is 0 Å². The summed E-state index contributed by atoms with van der Waals surface area (Å²) >= 11 is 0. The Kier molecular flexibility index (Phi) is 3.46. The SMILES string of the molecule is O=C(NCC1OCCc2cn(CC3CC3)nc21)c1ccoc1. The molecule has 0 bridgehead atoms. The van der Waals surface area contributed by atoms with E-state index in [1.54, 1.807) is 6.07 Å². The van der Waals surface area contributed by atoms with Crippen molar-refractivity contribution in [3.63, 3.8) is 0 Å². The molecule has 1 amide bonds. The van der Waals surface area contributed by atoms with Gasteiger partial charge in [0.25, 0.3) is 5.91 Å². The van der Waals surface area contributed by atoms with Crippen LogP contribution >= 0.6 is 0 Å². The fourth-order valence-electron chi connectivity index (χ4n) is 2.83. The lowest BCUT2D eigenvalue weighted by Crippen LogP contribution is -2.31. The van der Waals surface area contributed by atoms with Crippen molar-refractivity contribution in [2.45, 2.75) is 31.9 Å². The minimum absolute atomic E-state index is 0.151. The molecule has 6 heteroatoms. The van der Waals surface area contributed by atoms with Gasteiger partial charge in [0.2, 0.25) is 0 Å². The standard InChI is InChI=1S/C16H19N3O3/c20-16(13-3-5-21-10-13)17-7-14-15-12(4-6-22-14)9-19(18-15)8-11-1-2-11/h3,5,9-11,14H,1-2,4,6-8H2,(H,17,20). The summed E-state index contributed by atoms with van der Waals surface area (Å²) in [6.45, 7) is 2.10. The van der Waals surface area contributed by atoms with Crippen molar-refractivity contribution >= 4 is 5.91 Å². The number of rotatable bonds is 5. The number of carbonyl (C=O) groups excluding carboxylic acids is 1. The molecule has 116 valence electrons. The van der Waals surface area contributed by atoms with Crippen molar-refractivity contribution < 1.29 is 13.9 Å². The van der Waals surface area contributed by atoms with Gasteiger partial charge in [0.1, 0.15) is 12.4 Å². The van der Waals surface area contributed by atoms with Crippen LogP contribution in [0.5, 0.6) is 0 Å². The van der Waals surface area contributed by atoms with Crippen molar-refractivity contribution in [2.75, 3.05) is 13.2 Å². The van der Waals surface area contributed by atoms with E-state index >= 15 is 0 Å². The van der Waals surface area contributed by atoms with Gasteiger partial charge in [-0.05, 0) is 36.8 Å². The minimum atomic E-state index is -0.167. The summed E-state index contributed by atoms with van der Waals surface area (Å²) in [5.41, 5.74) is 2.74. The number of ether oxygens (including phenoxy) is 1. The lowest BCUT2D eigenvalue weighted by molar-refractivity contribution is 0.0383. The van der Waals surface area contributed by atoms with Gasteiger partial charge in [-0.2, -0.15) is 5.10 Å². The molecule has 1 atom stereocenters. The Balaban J connectivity index is 1.42. The maximum atomic E-state index is 12.0. The van der Waals surface area contributed by atoms with Crippen LogP contribution < -0.4 is 5.32 Å². The van der Waals surface area contributed by atoms with Gasteiger partial charge in [0, 0.05) is 19.3 Å². The quantitative estimate of drug-likeness (QED) is 0.916. The van der Waals surface area contributed by atoms with E-state index < -0.39 is 0 Å². The molecule has 0 spiro atoms. The monoisotopic (exact) mass is 301 g/mol. The summed E-state index contributed by atoms with van der Waals surface area (Å²) in [5.74, 6) is 0.642. The highest BCUT2D eigenvalue weighted by molar-refractivity contribution is 5.93. The average Bonchev–Trinajstić information content (AvgIpc) is 3.03. The van der Waals surface area contributed by atoms with Gasteiger partial charge in [-0.25, -0.2) is 0 Å². The topological polar surface area (TPSA) is 69.3 Å². The summed E-state index contributed by atoms with van der Waals surface area (Å²) in [7, 11) is 0. The Morgan fingerprint density at radius 3 is 3.14 bits per heavy atom. The zero-order valence-corrected chi connectivity index (χ0v) is 12.3. The van der Waals surface area contributed by atoms with Crippen LogP contribution in [0.15, 0.2) is 29.2 Å². The molecule has 1 aliphatic heterocycles. The van der Waals surface area contributed by atoms with Crippen LogP contribution in [0, 0.1) is 5.92 Å². The van der Waals surface area contributed by atoms with Crippen LogP contribution in [0.25, 0.3) is 0 Å². The molecule has 1 fully saturated rings. The third kappa shape index (κ3) is 2.78. The number of amides is 1. The van der Waals surface area contributed by atoms with Crippen LogP contribution in [0.2, 0.25) is 0 Å². The third-order valence-corrected chi connectivity index (χ3v) is 4.24. The van der Waals surface area contributed by atoms with E-state index in [1.165, 1.54) is 30.9 Å². The molecule has 3 heterocycles. The number of nitrogens with zero attached hydrogens (tertiary/aromatic N) is 2. The lowest BCUT2D eigenvalue weighted by atomic mass is 10.1. The second-order valence-electron chi connectivity index (χ2n) is 6.04. The Hall–Kier alpha value is -2.08. The van der Waals surface area contributed by atoms with E-state index in [-0.39, 0.29) is 12.0 Å². The smallest absolute Gasteiger partial charge is 0.254 e. The first kappa shape index (κ1) is 13.6. The molecule has 0 aromatic carbocycles. The second kappa shape index (κ2) is 5.61. The van der Waals surface area contributed by atoms with Gasteiger partial charge >= 0.3 is 0 Å². The van der Waals surface area contributed by atoms with E-state index in [0.29, 0.717) is 18.7 Å². The first-order valence-electron chi connectivity index (χ1n) is 7.78. The average molecular weight is 301 g/mol. The van der Waals surface area contributed by atoms with Gasteiger partial charge in [-0.3, -0.25) is 9.48 Å². The Labute approximate surface area is 128 Å². The Bertz CT molecular complexity index is 658. The number of nitrogens with one attached hydrogen (secondary N) is 1. The zero-order valence-electron chi connectivity index (χ0n) is 12.3. The van der Waals surface area contributed by atoms with Gasteiger partial charge in [0.15, 0.2) is 0 Å². The molecule has 2 aromatic rings. The molecule has 4 rings (SSSR count). The van der Waals surface area contributed by atoms with E-state index in [0.717, 1.165) is 24.6 Å². The normalized spacial score (nSPS) is 20.6. The van der Waals surface area contributed by atoms with Crippen molar-refractivity contribution in [3.05, 3.63) is 41.6 Å². The van der Waals surface area contributed by atoms with Crippen LogP contribution in [0.3, 0.4) is 0 Å². The number of hydrogen-bond acceptors (Lipinski definition) is 4. The number of fused-ring (bicyclic) bond motifs is 1. The van der Waals surface area contributed by atoms with Crippen molar-refractivity contribution in [1.29, 1.82) is 0 Å². The first-order chi connectivity index (χ1) is 10.8. The summed E-state index contributed by atoms with van der Waals surface area (Å²) in [6.07, 6.45) is 8.42. The third-order valence-electron chi connectivity index (χ3n) is 4.24. The van der Waals surface area contributed by atoms with Crippen molar-refractivity contribution in [3.8, 4) is 0 Å². The molecule has 1 aliphatic carbocycles. The summed E-state index contributed by atoms with van der Waals surface area (Å²) in [5, 5.41) is 7.56. The highest BCUT2D eigenvalue weighted by atomic mass is 16.5. The molecule has 2 aliphatic rings. The number of aromatic nitrogens is 2. The fraction of sp³-hybridized carbons (Fsp3) is 0.500. The maximum Gasteiger partial charge on any atom is 0.254 e. The predicted octanol–water partition coefficient (Wildman–Crippen LogP) is 1.93. The largest absolute Gasteiger partial charge is 0.472 e. The molecular formula is C16H19N3O3. The van der Waals surface area contributed by atoms with Gasteiger partial charge in [0.05, 0.1) is 24.1 Å². The van der Waals surface area contributed by atoms with E-state index in [4.69, 9.17) is 9.15 Å². The van der Waals surface area contributed by atoms with Crippen LogP contribution in [-0.4, -0.2) is 28.8 Å². The van der Waals surface area contributed by atoms with Crippen molar-refractivity contribution in [1.82, 2.24) is 15.1 Å². The molecular weight excluding hydrogens is 282 g/mol. The van der Waals surface area contributed by atoms with E-state index in [1.807, 2.05) is 4.68 Å². The molecule has 1 N–H and O–H groups in total. The van der Waals surface area contributed by atoms with Crippen LogP contribution in [-0.2, 0) is 17.7 Å². The lowest BCUT2D eigenvalue weighted by Gasteiger charge is -2.22. The fourth-order valence-corrected chi connectivity index (χ4v) is 2.83. The van der Waals surface area contributed by atoms with Crippen LogP contribution in [0.4, 0.5) is 0 Å². The maximum absolute atomic E-state index is 12.0. The van der Waals surface area contributed by atoms with E-state index in [2.05, 4.69) is 16.6 Å². The Morgan fingerprint density at radius 1 is 1.45 bits per heavy atom. The zero-order chi connectivity index (χ0) is 14.9. The Morgan fingerprint density at radius 2 is 2.36 bits per heavy atom. The first-order valence-corrected chi connectivity index (χ1v) is 7.78. The summed E-state index contributed by atoms with van der Waals surface area (Å²) in [6, 6.07) is 1.65. The summed E-state index contributed by atoms with van der Waals surface area (Å²) in [4.78, 5) is 12.0. The predicted molar refractivity (Wildman–Crippen MR) is 78.4 cm³/mol. The number of hydrogen-bond donors (Lipinski definition) is 1. The molecule has 0 saturated heterocycles. The molecule has 22 heavy (non-hydrogen) atoms. The number of furan rings is 1. The molecule has 1 unspecified atom stereocenters. The van der Waals surface area contributed by atoms with E-state index in [9.17, 15) is 4.79 Å². The van der Waals surface area contributed by atoms with Gasteiger partial charge < -0.3 is 14.5 Å². The van der Waals surface area contributed by atoms with Gasteiger partial charge in [-0.15, -0.1) is 0 Å². The summed E-state index contributed by atoms with van der Waals surface area (Å²) < 4.78 is 12.8. The highest BCUT2D eigenvalue weighted by Gasteiger charge is 2.27. The highest BCUT2D eigenvalue weighted by Crippen LogP contribution is 2.32. The van der Waals surface area contributed by atoms with Crippen molar-refractivity contribution in [2.24, 2.45) is 5.92 Å². The van der Waals surface area contributed by atoms with Crippen LogP contribution in [0.1, 0.15) is 40.6 Å². The second-order valence-corrected chi connectivity index (χ2v) is 6.04. The molecule has 2 aromatic heterocycles. The molecule has 0 radical (unpaired) electrons. The minimum Gasteiger partial charge on any atom is -0.472 e.